The second kappa shape index (κ2) is 17.9. The summed E-state index contributed by atoms with van der Waals surface area (Å²) in [5.41, 5.74) is 6.29. The third-order valence-electron chi connectivity index (χ3n) is 9.81. The molecule has 1 aliphatic heterocycles. The van der Waals surface area contributed by atoms with Crippen molar-refractivity contribution in [3.05, 3.63) is 138 Å². The van der Waals surface area contributed by atoms with Gasteiger partial charge in [-0.25, -0.2) is 18.4 Å². The fraction of sp³-hybridized carbons (Fsp3) is 0.256. The smallest absolute Gasteiger partial charge is 0.263 e. The molecule has 1 saturated heterocycles. The lowest BCUT2D eigenvalue weighted by Gasteiger charge is -2.36. The van der Waals surface area contributed by atoms with Crippen LogP contribution < -0.4 is 14.9 Å². The van der Waals surface area contributed by atoms with Gasteiger partial charge in [-0.1, -0.05) is 66.2 Å². The molecule has 6 aromatic rings. The van der Waals surface area contributed by atoms with Crippen molar-refractivity contribution in [2.24, 2.45) is 0 Å². The number of thioether (sulfide) groups is 1. The van der Waals surface area contributed by atoms with E-state index >= 15 is 0 Å². The average Bonchev–Trinajstić information content (AvgIpc) is 3.20. The lowest BCUT2D eigenvalue weighted by Crippen LogP contribution is -2.46. The van der Waals surface area contributed by atoms with Crippen molar-refractivity contribution in [3.8, 4) is 11.1 Å². The average molecular weight is 792 g/mol. The van der Waals surface area contributed by atoms with Crippen LogP contribution in [0.1, 0.15) is 12.0 Å². The van der Waals surface area contributed by atoms with E-state index in [0.29, 0.717) is 10.9 Å². The van der Waals surface area contributed by atoms with Crippen LogP contribution in [-0.4, -0.2) is 86.8 Å². The van der Waals surface area contributed by atoms with E-state index in [-0.39, 0.29) is 16.8 Å². The maximum Gasteiger partial charge on any atom is 0.263 e. The van der Waals surface area contributed by atoms with Gasteiger partial charge in [-0.2, -0.15) is 0 Å². The summed E-state index contributed by atoms with van der Waals surface area (Å²) in [7, 11) is 0.239. The molecular formula is C43H46ClN7O2S2. The summed E-state index contributed by atoms with van der Waals surface area (Å²) in [6.45, 7) is 5.37. The highest BCUT2D eigenvalue weighted by molar-refractivity contribution is 7.99. The van der Waals surface area contributed by atoms with Crippen molar-refractivity contribution in [3.63, 3.8) is 0 Å². The van der Waals surface area contributed by atoms with Gasteiger partial charge in [0.25, 0.3) is 10.0 Å². The lowest BCUT2D eigenvalue weighted by atomic mass is 9.99. The first-order valence-corrected chi connectivity index (χ1v) is 21.3. The normalized spacial score (nSPS) is 14.3. The quantitative estimate of drug-likeness (QED) is 0.0993. The van der Waals surface area contributed by atoms with Crippen LogP contribution in [0.3, 0.4) is 0 Å². The van der Waals surface area contributed by atoms with Crippen molar-refractivity contribution in [1.29, 1.82) is 0 Å². The largest absolute Gasteiger partial charge is 0.381 e. The fourth-order valence-corrected chi connectivity index (χ4v) is 8.92. The van der Waals surface area contributed by atoms with Gasteiger partial charge in [0, 0.05) is 71.2 Å². The summed E-state index contributed by atoms with van der Waals surface area (Å²) in [6, 6.07) is 40.0. The summed E-state index contributed by atoms with van der Waals surface area (Å²) < 4.78 is 29.9. The standard InChI is InChI=1S/C43H46ClN7O2S2/c1-49(2)23-22-36(30-54-38-9-4-3-5-10-38)47-35-16-19-39(20-17-35)55(52,53)48-43-41-21-18-37(28-42(41)45-31-46-43)51-26-24-50(25-27-51)29-33-8-6-7-11-40(33)32-12-14-34(44)15-13-32/h3-21,28,31,36,47H,22-27,29-30H2,1-2H3,(H,45,46,48). The molecule has 284 valence electrons. The Morgan fingerprint density at radius 2 is 1.56 bits per heavy atom. The van der Waals surface area contributed by atoms with E-state index in [0.717, 1.165) is 73.4 Å². The molecular weight excluding hydrogens is 746 g/mol. The van der Waals surface area contributed by atoms with Crippen molar-refractivity contribution in [2.45, 2.75) is 28.8 Å². The molecule has 0 bridgehead atoms. The van der Waals surface area contributed by atoms with E-state index in [1.807, 2.05) is 60.3 Å². The number of aromatic nitrogens is 2. The molecule has 0 radical (unpaired) electrons. The first kappa shape index (κ1) is 38.6. The molecule has 1 atom stereocenters. The minimum absolute atomic E-state index is 0.165. The Balaban J connectivity index is 0.975. The predicted molar refractivity (Wildman–Crippen MR) is 229 cm³/mol. The third-order valence-corrected chi connectivity index (χ3v) is 12.6. The van der Waals surface area contributed by atoms with Gasteiger partial charge >= 0.3 is 0 Å². The zero-order valence-corrected chi connectivity index (χ0v) is 33.5. The highest BCUT2D eigenvalue weighted by atomic mass is 35.5. The SMILES string of the molecule is CN(C)CCC(CSc1ccccc1)Nc1ccc(S(=O)(=O)Nc2ncnc3cc(N4CCN(Cc5ccccc5-c5ccc(Cl)cc5)CC4)ccc23)cc1. The molecule has 5 aromatic carbocycles. The molecule has 0 amide bonds. The van der Waals surface area contributed by atoms with Crippen LogP contribution in [0.5, 0.6) is 0 Å². The zero-order chi connectivity index (χ0) is 38.2. The van der Waals surface area contributed by atoms with Crippen LogP contribution in [0, 0.1) is 0 Å². The molecule has 1 unspecified atom stereocenters. The van der Waals surface area contributed by atoms with Crippen LogP contribution in [0.2, 0.25) is 5.02 Å². The molecule has 12 heteroatoms. The minimum atomic E-state index is -3.90. The van der Waals surface area contributed by atoms with Crippen molar-refractivity contribution < 1.29 is 8.42 Å². The first-order chi connectivity index (χ1) is 26.7. The molecule has 1 aliphatic rings. The Bertz CT molecular complexity index is 2290. The molecule has 0 saturated carbocycles. The Kier molecular flexibility index (Phi) is 12.5. The monoisotopic (exact) mass is 791 g/mol. The van der Waals surface area contributed by atoms with E-state index < -0.39 is 10.0 Å². The van der Waals surface area contributed by atoms with Crippen LogP contribution in [0.25, 0.3) is 22.0 Å². The van der Waals surface area contributed by atoms with Gasteiger partial charge < -0.3 is 15.1 Å². The van der Waals surface area contributed by atoms with E-state index in [1.165, 1.54) is 22.3 Å². The number of hydrogen-bond donors (Lipinski definition) is 2. The van der Waals surface area contributed by atoms with Gasteiger partial charge in [-0.3, -0.25) is 9.62 Å². The number of nitrogens with one attached hydrogen (secondary N) is 2. The number of halogens is 1. The summed E-state index contributed by atoms with van der Waals surface area (Å²) >= 11 is 7.96. The van der Waals surface area contributed by atoms with Gasteiger partial charge in [0.05, 0.1) is 10.4 Å². The van der Waals surface area contributed by atoms with Crippen LogP contribution >= 0.6 is 23.4 Å². The summed E-state index contributed by atoms with van der Waals surface area (Å²) in [6.07, 6.45) is 2.36. The van der Waals surface area contributed by atoms with Crippen LogP contribution in [0.15, 0.2) is 137 Å². The summed E-state index contributed by atoms with van der Waals surface area (Å²) in [5.74, 6) is 1.14. The molecule has 1 aromatic heterocycles. The van der Waals surface area contributed by atoms with Gasteiger partial charge in [0.1, 0.15) is 6.33 Å². The van der Waals surface area contributed by atoms with Crippen LogP contribution in [-0.2, 0) is 16.6 Å². The zero-order valence-electron chi connectivity index (χ0n) is 31.1. The van der Waals surface area contributed by atoms with E-state index in [2.05, 4.69) is 109 Å². The molecule has 0 spiro atoms. The second-order valence-corrected chi connectivity index (χ2v) is 17.3. The Labute approximate surface area is 333 Å². The molecule has 2 heterocycles. The summed E-state index contributed by atoms with van der Waals surface area (Å²) in [4.78, 5) is 17.2. The minimum Gasteiger partial charge on any atom is -0.381 e. The predicted octanol–water partition coefficient (Wildman–Crippen LogP) is 8.60. The molecule has 7 rings (SSSR count). The van der Waals surface area contributed by atoms with Gasteiger partial charge in [0.15, 0.2) is 5.82 Å². The van der Waals surface area contributed by atoms with Gasteiger partial charge in [-0.15, -0.1) is 11.8 Å². The van der Waals surface area contributed by atoms with Crippen molar-refractivity contribution >= 4 is 61.5 Å². The van der Waals surface area contributed by atoms with Crippen molar-refractivity contribution in [2.75, 3.05) is 67.5 Å². The number of rotatable bonds is 15. The Morgan fingerprint density at radius 3 is 2.31 bits per heavy atom. The maximum absolute atomic E-state index is 13.6. The van der Waals surface area contributed by atoms with E-state index in [9.17, 15) is 8.42 Å². The fourth-order valence-electron chi connectivity index (χ4n) is 6.77. The number of fused-ring (bicyclic) bond motifs is 1. The topological polar surface area (TPSA) is 93.7 Å². The van der Waals surface area contributed by atoms with E-state index in [4.69, 9.17) is 11.6 Å². The van der Waals surface area contributed by atoms with Crippen LogP contribution in [0.4, 0.5) is 17.2 Å². The number of anilines is 3. The third kappa shape index (κ3) is 10.2. The highest BCUT2D eigenvalue weighted by Gasteiger charge is 2.21. The number of hydrogen-bond acceptors (Lipinski definition) is 9. The number of benzene rings is 5. The second-order valence-electron chi connectivity index (χ2n) is 14.0. The number of nitrogens with zero attached hydrogens (tertiary/aromatic N) is 5. The lowest BCUT2D eigenvalue weighted by molar-refractivity contribution is 0.250. The number of sulfonamides is 1. The van der Waals surface area contributed by atoms with Gasteiger partial charge in [0.2, 0.25) is 0 Å². The highest BCUT2D eigenvalue weighted by Crippen LogP contribution is 2.30. The maximum atomic E-state index is 13.6. The van der Waals surface area contributed by atoms with Gasteiger partial charge in [-0.05, 0) is 110 Å². The molecule has 9 nitrogen and oxygen atoms in total. The Hall–Kier alpha value is -4.65. The molecule has 55 heavy (non-hydrogen) atoms. The molecule has 1 fully saturated rings. The summed E-state index contributed by atoms with van der Waals surface area (Å²) in [5, 5.41) is 5.00. The number of piperazine rings is 1. The Morgan fingerprint density at radius 1 is 0.836 bits per heavy atom. The molecule has 2 N–H and O–H groups in total. The van der Waals surface area contributed by atoms with Crippen molar-refractivity contribution in [1.82, 2.24) is 19.8 Å². The van der Waals surface area contributed by atoms with E-state index in [1.54, 1.807) is 12.1 Å². The molecule has 0 aliphatic carbocycles. The first-order valence-electron chi connectivity index (χ1n) is 18.5.